The third-order valence-corrected chi connectivity index (χ3v) is 11.3. The van der Waals surface area contributed by atoms with Gasteiger partial charge in [0.05, 0.1) is 47.7 Å². The number of aromatic hydroxyl groups is 1. The summed E-state index contributed by atoms with van der Waals surface area (Å²) in [6.45, 7) is -0.696. The van der Waals surface area contributed by atoms with Crippen LogP contribution in [0.4, 0.5) is 22.7 Å². The molecule has 1 atom stereocenters. The first-order chi connectivity index (χ1) is 27.2. The lowest BCUT2D eigenvalue weighted by atomic mass is 10.1. The molecule has 0 spiro atoms. The second kappa shape index (κ2) is 17.1. The molecule has 28 heteroatoms. The number of ether oxygens (including phenoxy) is 2. The molecule has 24 nitrogen and oxygen atoms in total. The Morgan fingerprint density at radius 3 is 2.10 bits per heavy atom. The number of methoxy groups -OCH3 is 2. The minimum atomic E-state index is -4.62. The van der Waals surface area contributed by atoms with E-state index in [1.165, 1.54) is 18.2 Å². The lowest BCUT2D eigenvalue weighted by Crippen LogP contribution is -2.14. The van der Waals surface area contributed by atoms with E-state index in [4.69, 9.17) is 9.47 Å². The number of nitrogens with zero attached hydrogens (tertiary/aromatic N) is 5. The van der Waals surface area contributed by atoms with Gasteiger partial charge in [-0.05, 0) is 47.9 Å². The van der Waals surface area contributed by atoms with Crippen LogP contribution in [0.15, 0.2) is 101 Å². The number of hydrogen-bond donors (Lipinski definition) is 7. The summed E-state index contributed by atoms with van der Waals surface area (Å²) < 4.78 is 125. The van der Waals surface area contributed by atoms with Crippen molar-refractivity contribution in [1.82, 2.24) is 9.78 Å². The number of sulfone groups is 1. The van der Waals surface area contributed by atoms with Crippen molar-refractivity contribution in [2.45, 2.75) is 14.7 Å². The summed E-state index contributed by atoms with van der Waals surface area (Å²) in [6, 6.07) is 11.0. The Morgan fingerprint density at radius 2 is 1.52 bits per heavy atom. The number of benzene rings is 4. The van der Waals surface area contributed by atoms with Crippen LogP contribution in [0.1, 0.15) is 10.5 Å². The largest absolute Gasteiger partial charge is 0.748 e. The van der Waals surface area contributed by atoms with Crippen molar-refractivity contribution < 1.29 is 77.5 Å². The number of phenols is 1. The lowest BCUT2D eigenvalue weighted by molar-refractivity contribution is -0.196. The van der Waals surface area contributed by atoms with E-state index in [1.54, 1.807) is 0 Å². The molecule has 0 aliphatic carbocycles. The number of azo groups is 2. The Kier molecular flexibility index (Phi) is 12.8. The van der Waals surface area contributed by atoms with Crippen LogP contribution in [0.25, 0.3) is 16.5 Å². The van der Waals surface area contributed by atoms with Crippen LogP contribution in [-0.2, 0) is 40.5 Å². The molecule has 4 aromatic carbocycles. The van der Waals surface area contributed by atoms with Gasteiger partial charge in [0.25, 0.3) is 15.7 Å². The maximum Gasteiger partial charge on any atom is 0.356 e. The standard InChI is InChI=1S/C30H28N6O18S4/c1-51-21-14-23(56(43,44)10-9-53-54-55(41)42)22(52-2)13-20(21)32-33-25-24(58(48,49)50)11-15-3-4-16(12-19(15)28(25)37)31-34-26-27(30(39)40)35-36(29(26)38)17-5-7-18(8-6-17)57(45,46)47/h3-8,11-14,35,37,48-50H,9-10H2,1-2H3,(H,39,40)(H,41,42)(H,45,46,47)/p-1. The first-order valence-electron chi connectivity index (χ1n) is 15.3. The molecule has 1 unspecified atom stereocenters. The van der Waals surface area contributed by atoms with Crippen molar-refractivity contribution in [3.63, 3.8) is 0 Å². The van der Waals surface area contributed by atoms with Crippen LogP contribution < -0.4 is 15.0 Å². The molecular formula is C30H27N6O18S4-. The summed E-state index contributed by atoms with van der Waals surface area (Å²) in [5, 5.41) is 38.8. The number of carboxylic acids is 1. The Bertz CT molecular complexity index is 2780. The van der Waals surface area contributed by atoms with Crippen molar-refractivity contribution in [2.75, 3.05) is 26.6 Å². The topological polar surface area (TPSA) is 371 Å². The number of fused-ring (bicyclic) bond motifs is 1. The molecule has 1 aromatic heterocycles. The molecule has 1 heterocycles. The summed E-state index contributed by atoms with van der Waals surface area (Å²) in [5.74, 6) is -3.74. The summed E-state index contributed by atoms with van der Waals surface area (Å²) in [6.07, 6.45) is 0. The Morgan fingerprint density at radius 1 is 0.862 bits per heavy atom. The molecule has 5 rings (SSSR count). The maximum absolute atomic E-state index is 13.2. The van der Waals surface area contributed by atoms with Crippen molar-refractivity contribution in [3.8, 4) is 22.9 Å². The van der Waals surface area contributed by atoms with Gasteiger partial charge in [0.1, 0.15) is 50.0 Å². The Balaban J connectivity index is 1.54. The van der Waals surface area contributed by atoms with Crippen molar-refractivity contribution >= 4 is 81.7 Å². The predicted octanol–water partition coefficient (Wildman–Crippen LogP) is 4.92. The van der Waals surface area contributed by atoms with E-state index in [0.717, 1.165) is 61.4 Å². The number of nitrogens with one attached hydrogen (secondary N) is 1. The lowest BCUT2D eigenvalue weighted by Gasteiger charge is -2.22. The first-order valence-corrected chi connectivity index (χ1v) is 20.9. The highest BCUT2D eigenvalue weighted by Crippen LogP contribution is 2.54. The summed E-state index contributed by atoms with van der Waals surface area (Å²) >= 11 is -3.06. The Labute approximate surface area is 329 Å². The zero-order valence-electron chi connectivity index (χ0n) is 29.1. The van der Waals surface area contributed by atoms with Gasteiger partial charge in [0, 0.05) is 17.5 Å². The summed E-state index contributed by atoms with van der Waals surface area (Å²) in [4.78, 5) is 27.8. The fourth-order valence-electron chi connectivity index (χ4n) is 5.03. The van der Waals surface area contributed by atoms with E-state index < -0.39 is 104 Å². The first kappa shape index (κ1) is 43.5. The average Bonchev–Trinajstić information content (AvgIpc) is 3.49. The highest BCUT2D eigenvalue weighted by molar-refractivity contribution is 8.19. The smallest absolute Gasteiger partial charge is 0.356 e. The number of aromatic nitrogens is 2. The second-order valence-electron chi connectivity index (χ2n) is 11.2. The molecule has 58 heavy (non-hydrogen) atoms. The Hall–Kier alpha value is -5.66. The van der Waals surface area contributed by atoms with Gasteiger partial charge in [-0.3, -0.25) is 14.4 Å². The van der Waals surface area contributed by atoms with Gasteiger partial charge in [0.2, 0.25) is 0 Å². The van der Waals surface area contributed by atoms with Gasteiger partial charge in [0.15, 0.2) is 27.0 Å². The number of aromatic amines is 1. The van der Waals surface area contributed by atoms with Crippen LogP contribution in [0.2, 0.25) is 0 Å². The molecule has 0 saturated carbocycles. The number of carboxylic acid groups (broad SMARTS) is 1. The van der Waals surface area contributed by atoms with Crippen molar-refractivity contribution in [3.05, 3.63) is 76.7 Å². The monoisotopic (exact) mass is 887 g/mol. The average molecular weight is 888 g/mol. The third kappa shape index (κ3) is 9.54. The number of carbonyl (C=O) groups is 1. The SMILES string of the molecule is COc1cc(S(=O)(=O)CCOOS(=O)[O-])c(OC)cc1N=Nc1c(S(O)(O)O)cc2ccc(N=Nc3c(C(=O)O)[nH]n(-c4ccc(S(=O)(=O)O)cc4)c3=O)cc2c1O. The van der Waals surface area contributed by atoms with Crippen LogP contribution in [0.5, 0.6) is 17.2 Å². The molecule has 0 amide bonds. The molecule has 5 aromatic rings. The third-order valence-electron chi connectivity index (χ3n) is 7.67. The summed E-state index contributed by atoms with van der Waals surface area (Å²) in [5.41, 5.74) is -3.50. The zero-order valence-corrected chi connectivity index (χ0v) is 32.4. The van der Waals surface area contributed by atoms with E-state index in [-0.39, 0.29) is 39.3 Å². The molecule has 0 radical (unpaired) electrons. The van der Waals surface area contributed by atoms with Gasteiger partial charge < -0.3 is 37.9 Å². The fraction of sp³-hybridized carbons (Fsp3) is 0.133. The number of H-pyrrole nitrogens is 1. The van der Waals surface area contributed by atoms with Gasteiger partial charge in [-0.1, -0.05) is 6.07 Å². The number of hydrogen-bond acceptors (Lipinski definition) is 20. The van der Waals surface area contributed by atoms with E-state index in [0.29, 0.717) is 0 Å². The van der Waals surface area contributed by atoms with Gasteiger partial charge in [-0.25, -0.2) is 27.0 Å². The molecule has 7 N–H and O–H groups in total. The van der Waals surface area contributed by atoms with Crippen LogP contribution in [0.3, 0.4) is 0 Å². The van der Waals surface area contributed by atoms with E-state index in [2.05, 4.69) is 34.8 Å². The molecule has 310 valence electrons. The number of phenolic OH excluding ortho intramolecular Hbond substituents is 1. The minimum absolute atomic E-state index is 0.0315. The minimum Gasteiger partial charge on any atom is -0.748 e. The quantitative estimate of drug-likeness (QED) is 0.0173. The molecule has 0 aliphatic rings. The van der Waals surface area contributed by atoms with E-state index >= 15 is 0 Å². The second-order valence-corrected chi connectivity index (χ2v) is 16.8. The molecular weight excluding hydrogens is 861 g/mol. The van der Waals surface area contributed by atoms with Crippen molar-refractivity contribution in [1.29, 1.82) is 0 Å². The molecule has 0 aliphatic heterocycles. The highest BCUT2D eigenvalue weighted by atomic mass is 32.3. The van der Waals surface area contributed by atoms with Gasteiger partial charge in [-0.15, -0.1) is 19.7 Å². The van der Waals surface area contributed by atoms with E-state index in [1.807, 2.05) is 0 Å². The fourth-order valence-corrected chi connectivity index (χ4v) is 7.58. The predicted molar refractivity (Wildman–Crippen MR) is 198 cm³/mol. The zero-order chi connectivity index (χ0) is 42.7. The number of aromatic carboxylic acids is 1. The molecule has 0 bridgehead atoms. The van der Waals surface area contributed by atoms with Gasteiger partial charge >= 0.3 is 5.97 Å². The number of rotatable bonds is 16. The van der Waals surface area contributed by atoms with Gasteiger partial charge in [-0.2, -0.15) is 13.5 Å². The van der Waals surface area contributed by atoms with Crippen LogP contribution in [0, 0.1) is 0 Å². The van der Waals surface area contributed by atoms with Crippen LogP contribution in [-0.4, -0.2) is 96.4 Å². The van der Waals surface area contributed by atoms with Crippen LogP contribution >= 0.6 is 10.9 Å². The molecule has 0 saturated heterocycles. The normalized spacial score (nSPS) is 13.4. The van der Waals surface area contributed by atoms with E-state index in [9.17, 15) is 63.6 Å². The van der Waals surface area contributed by atoms with Crippen molar-refractivity contribution in [2.24, 2.45) is 20.5 Å². The molecule has 0 fully saturated rings. The summed E-state index contributed by atoms with van der Waals surface area (Å²) in [7, 11) is -11.2. The highest BCUT2D eigenvalue weighted by Gasteiger charge is 2.27. The maximum atomic E-state index is 13.2.